The Balaban J connectivity index is 3.04. The fourth-order valence-electron chi connectivity index (χ4n) is 0.920. The first-order chi connectivity index (χ1) is 4.56. The Bertz CT molecular complexity index is 75.8. The first kappa shape index (κ1) is 10.2. The molecule has 0 aliphatic carbocycles. The molecule has 0 aliphatic heterocycles. The molecule has 62 valence electrons. The van der Waals surface area contributed by atoms with E-state index < -0.39 is 0 Å². The normalized spacial score (nSPS) is 13.2. The van der Waals surface area contributed by atoms with Crippen LogP contribution >= 0.6 is 0 Å². The Kier molecular flexibility index (Phi) is 5.00. The molecule has 0 atom stereocenters. The second-order valence-corrected chi connectivity index (χ2v) is 5.72. The summed E-state index contributed by atoms with van der Waals surface area (Å²) in [4.78, 5) is 3.46. The van der Waals surface area contributed by atoms with Gasteiger partial charge in [0.25, 0.3) is 0 Å². The van der Waals surface area contributed by atoms with Crippen LogP contribution in [0.1, 0.15) is 34.1 Å². The molecular formula is C8H21NSi. The predicted octanol–water partition coefficient (Wildman–Crippen LogP) is 1.53. The van der Waals surface area contributed by atoms with Crippen molar-refractivity contribution in [2.75, 3.05) is 6.54 Å². The lowest BCUT2D eigenvalue weighted by Gasteiger charge is -2.17. The molecule has 0 aliphatic rings. The van der Waals surface area contributed by atoms with Gasteiger partial charge in [-0.05, 0) is 18.0 Å². The summed E-state index contributed by atoms with van der Waals surface area (Å²) in [5.41, 5.74) is 0.544. The van der Waals surface area contributed by atoms with E-state index in [1.165, 1.54) is 12.5 Å². The zero-order valence-electron chi connectivity index (χ0n) is 7.83. The fourth-order valence-corrected chi connectivity index (χ4v) is 2.76. The van der Waals surface area contributed by atoms with Crippen LogP contribution in [0.15, 0.2) is 0 Å². The van der Waals surface area contributed by atoms with Crippen molar-refractivity contribution in [2.45, 2.75) is 40.2 Å². The lowest BCUT2D eigenvalue weighted by molar-refractivity contribution is 0.396. The Morgan fingerprint density at radius 3 is 2.30 bits per heavy atom. The van der Waals surface area contributed by atoms with Gasteiger partial charge in [-0.15, -0.1) is 0 Å². The van der Waals surface area contributed by atoms with Gasteiger partial charge in [0.2, 0.25) is 0 Å². The Hall–Kier alpha value is 0.177. The highest BCUT2D eigenvalue weighted by Crippen LogP contribution is 2.19. The van der Waals surface area contributed by atoms with Crippen LogP contribution in [0.4, 0.5) is 0 Å². The van der Waals surface area contributed by atoms with Gasteiger partial charge < -0.3 is 4.98 Å². The van der Waals surface area contributed by atoms with E-state index in [0.717, 1.165) is 6.54 Å². The molecule has 0 spiro atoms. The summed E-state index contributed by atoms with van der Waals surface area (Å²) >= 11 is 0. The topological polar surface area (TPSA) is 12.0 Å². The average molecular weight is 159 g/mol. The molecule has 0 saturated heterocycles. The monoisotopic (exact) mass is 159 g/mol. The van der Waals surface area contributed by atoms with E-state index in [-0.39, 0.29) is 9.68 Å². The van der Waals surface area contributed by atoms with Crippen molar-refractivity contribution in [2.24, 2.45) is 5.41 Å². The van der Waals surface area contributed by atoms with Crippen LogP contribution in [0.25, 0.3) is 0 Å². The highest BCUT2D eigenvalue weighted by atomic mass is 28.2. The molecule has 0 aromatic rings. The molecule has 0 unspecified atom stereocenters. The average Bonchev–Trinajstić information content (AvgIpc) is 1.78. The summed E-state index contributed by atoms with van der Waals surface area (Å²) in [7, 11) is 0.0815. The van der Waals surface area contributed by atoms with Crippen molar-refractivity contribution in [3.8, 4) is 0 Å². The molecule has 0 heterocycles. The van der Waals surface area contributed by atoms with Gasteiger partial charge >= 0.3 is 0 Å². The van der Waals surface area contributed by atoms with Crippen molar-refractivity contribution < 1.29 is 0 Å². The van der Waals surface area contributed by atoms with Crippen LogP contribution in [0.2, 0.25) is 6.04 Å². The van der Waals surface area contributed by atoms with Crippen LogP contribution in [0.5, 0.6) is 0 Å². The molecule has 1 N–H and O–H groups in total. The minimum absolute atomic E-state index is 0.0815. The minimum Gasteiger partial charge on any atom is -0.342 e. The standard InChI is InChI=1S/C8H21NSi/c1-5-9-10-7-6-8(2,3)4/h9H,5-7,10H2,1-4H3. The van der Waals surface area contributed by atoms with Crippen LogP contribution < -0.4 is 4.98 Å². The molecule has 2 heteroatoms. The number of hydrogen-bond donors (Lipinski definition) is 1. The Labute approximate surface area is 67.5 Å². The van der Waals surface area contributed by atoms with Gasteiger partial charge in [-0.2, -0.15) is 0 Å². The van der Waals surface area contributed by atoms with Crippen LogP contribution in [-0.2, 0) is 0 Å². The van der Waals surface area contributed by atoms with Crippen LogP contribution in [0, 0.1) is 5.41 Å². The Morgan fingerprint density at radius 1 is 1.30 bits per heavy atom. The molecule has 0 aromatic heterocycles. The second kappa shape index (κ2) is 4.91. The maximum absolute atomic E-state index is 3.46. The maximum Gasteiger partial charge on any atom is 0.0916 e. The third-order valence-electron chi connectivity index (χ3n) is 1.53. The highest BCUT2D eigenvalue weighted by molar-refractivity contribution is 6.32. The van der Waals surface area contributed by atoms with E-state index in [1.54, 1.807) is 0 Å². The molecule has 0 radical (unpaired) electrons. The van der Waals surface area contributed by atoms with Gasteiger partial charge in [0, 0.05) is 0 Å². The Morgan fingerprint density at radius 2 is 1.90 bits per heavy atom. The van der Waals surface area contributed by atoms with Gasteiger partial charge in [0.1, 0.15) is 0 Å². The first-order valence-corrected chi connectivity index (χ1v) is 5.97. The van der Waals surface area contributed by atoms with Gasteiger partial charge in [0.15, 0.2) is 0 Å². The third-order valence-corrected chi connectivity index (χ3v) is 3.09. The van der Waals surface area contributed by atoms with Gasteiger partial charge in [-0.25, -0.2) is 0 Å². The molecule has 1 nitrogen and oxygen atoms in total. The molecule has 0 aromatic carbocycles. The van der Waals surface area contributed by atoms with Gasteiger partial charge in [0.05, 0.1) is 9.68 Å². The summed E-state index contributed by atoms with van der Waals surface area (Å²) in [6.45, 7) is 10.3. The summed E-state index contributed by atoms with van der Waals surface area (Å²) in [6, 6.07) is 1.44. The lowest BCUT2D eigenvalue weighted by atomic mass is 9.94. The summed E-state index contributed by atoms with van der Waals surface area (Å²) in [5, 5.41) is 0. The zero-order chi connectivity index (χ0) is 8.04. The highest BCUT2D eigenvalue weighted by Gasteiger charge is 2.08. The van der Waals surface area contributed by atoms with Gasteiger partial charge in [-0.3, -0.25) is 0 Å². The summed E-state index contributed by atoms with van der Waals surface area (Å²) in [6.07, 6.45) is 1.38. The second-order valence-electron chi connectivity index (χ2n) is 4.02. The van der Waals surface area contributed by atoms with Crippen LogP contribution in [-0.4, -0.2) is 16.2 Å². The van der Waals surface area contributed by atoms with E-state index >= 15 is 0 Å². The van der Waals surface area contributed by atoms with Crippen molar-refractivity contribution >= 4 is 9.68 Å². The predicted molar refractivity (Wildman–Crippen MR) is 51.1 cm³/mol. The largest absolute Gasteiger partial charge is 0.342 e. The molecular weight excluding hydrogens is 138 g/mol. The SMILES string of the molecule is CCN[SiH2]CCC(C)(C)C. The van der Waals surface area contributed by atoms with Crippen molar-refractivity contribution in [1.82, 2.24) is 4.98 Å². The van der Waals surface area contributed by atoms with E-state index in [1.807, 2.05) is 0 Å². The molecule has 0 amide bonds. The first-order valence-electron chi connectivity index (χ1n) is 4.27. The third kappa shape index (κ3) is 8.18. The number of hydrogen-bond acceptors (Lipinski definition) is 1. The number of nitrogens with one attached hydrogen (secondary N) is 1. The van der Waals surface area contributed by atoms with Crippen molar-refractivity contribution in [3.63, 3.8) is 0 Å². The van der Waals surface area contributed by atoms with E-state index in [4.69, 9.17) is 0 Å². The van der Waals surface area contributed by atoms with Crippen molar-refractivity contribution in [1.29, 1.82) is 0 Å². The maximum atomic E-state index is 3.46. The van der Waals surface area contributed by atoms with Crippen molar-refractivity contribution in [3.05, 3.63) is 0 Å². The minimum atomic E-state index is 0.0815. The summed E-state index contributed by atoms with van der Waals surface area (Å²) < 4.78 is 0. The van der Waals surface area contributed by atoms with Crippen LogP contribution in [0.3, 0.4) is 0 Å². The lowest BCUT2D eigenvalue weighted by Crippen LogP contribution is -2.19. The molecule has 0 saturated carbocycles. The van der Waals surface area contributed by atoms with E-state index in [0.29, 0.717) is 5.41 Å². The number of rotatable bonds is 4. The molecule has 0 fully saturated rings. The fraction of sp³-hybridized carbons (Fsp3) is 1.00. The van der Waals surface area contributed by atoms with E-state index in [9.17, 15) is 0 Å². The molecule has 10 heavy (non-hydrogen) atoms. The summed E-state index contributed by atoms with van der Waals surface area (Å²) in [5.74, 6) is 0. The zero-order valence-corrected chi connectivity index (χ0v) is 9.24. The molecule has 0 bridgehead atoms. The van der Waals surface area contributed by atoms with E-state index in [2.05, 4.69) is 32.7 Å². The molecule has 0 rings (SSSR count). The van der Waals surface area contributed by atoms with Gasteiger partial charge in [-0.1, -0.05) is 34.1 Å². The quantitative estimate of drug-likeness (QED) is 0.484. The smallest absolute Gasteiger partial charge is 0.0916 e.